The predicted molar refractivity (Wildman–Crippen MR) is 77.7 cm³/mol. The topological polar surface area (TPSA) is 40.7 Å². The van der Waals surface area contributed by atoms with Crippen LogP contribution in [0.5, 0.6) is 0 Å². The second-order valence-electron chi connectivity index (χ2n) is 5.73. The Labute approximate surface area is 113 Å². The van der Waals surface area contributed by atoms with Crippen LogP contribution in [-0.4, -0.2) is 16.7 Å². The number of aromatic amines is 1. The van der Waals surface area contributed by atoms with Crippen molar-refractivity contribution in [2.45, 2.75) is 33.7 Å². The summed E-state index contributed by atoms with van der Waals surface area (Å²) < 4.78 is 0. The normalized spacial score (nSPS) is 11.9. The van der Waals surface area contributed by atoms with E-state index in [4.69, 9.17) is 0 Å². The Bertz CT molecular complexity index is 465. The van der Waals surface area contributed by atoms with Gasteiger partial charge in [-0.3, -0.25) is 5.10 Å². The Morgan fingerprint density at radius 3 is 2.89 bits per heavy atom. The summed E-state index contributed by atoms with van der Waals surface area (Å²) in [7, 11) is 0. The molecule has 0 bridgehead atoms. The zero-order chi connectivity index (χ0) is 13.0. The van der Waals surface area contributed by atoms with Gasteiger partial charge in [-0.05, 0) is 29.8 Å². The molecule has 0 aliphatic rings. The van der Waals surface area contributed by atoms with Gasteiger partial charge in [0.05, 0.1) is 16.8 Å². The average Bonchev–Trinajstić information content (AvgIpc) is 2.93. The van der Waals surface area contributed by atoms with E-state index in [-0.39, 0.29) is 0 Å². The molecule has 0 aliphatic carbocycles. The summed E-state index contributed by atoms with van der Waals surface area (Å²) in [5.41, 5.74) is 2.78. The summed E-state index contributed by atoms with van der Waals surface area (Å²) in [5.74, 6) is 0. The van der Waals surface area contributed by atoms with E-state index in [2.05, 4.69) is 53.8 Å². The maximum Gasteiger partial charge on any atom is 0.0794 e. The predicted octanol–water partition coefficient (Wildman–Crippen LogP) is 3.66. The highest BCUT2D eigenvalue weighted by Gasteiger charge is 2.10. The van der Waals surface area contributed by atoms with Crippen LogP contribution >= 0.6 is 11.3 Å². The number of thiophene rings is 1. The van der Waals surface area contributed by atoms with Crippen LogP contribution in [0.4, 0.5) is 0 Å². The van der Waals surface area contributed by atoms with Crippen molar-refractivity contribution in [1.82, 2.24) is 15.5 Å². The molecule has 0 spiro atoms. The molecular weight excluding hydrogens is 242 g/mol. The molecule has 18 heavy (non-hydrogen) atoms. The molecule has 0 saturated heterocycles. The maximum atomic E-state index is 4.15. The van der Waals surface area contributed by atoms with Gasteiger partial charge in [0.15, 0.2) is 0 Å². The van der Waals surface area contributed by atoms with Crippen LogP contribution in [0.25, 0.3) is 10.6 Å². The standard InChI is InChI=1S/C14H21N3S/c1-14(2,3)6-7-15-9-11-10-16-17-13(11)12-5-4-8-18-12/h4-5,8,10,15H,6-7,9H2,1-3H3,(H,16,17). The molecule has 0 aromatic carbocycles. The van der Waals surface area contributed by atoms with Gasteiger partial charge in [-0.2, -0.15) is 5.10 Å². The minimum Gasteiger partial charge on any atom is -0.313 e. The number of aromatic nitrogens is 2. The molecule has 0 unspecified atom stereocenters. The van der Waals surface area contributed by atoms with Crippen molar-refractivity contribution >= 4 is 11.3 Å². The van der Waals surface area contributed by atoms with Crippen molar-refractivity contribution in [2.24, 2.45) is 5.41 Å². The molecule has 0 saturated carbocycles. The number of nitrogens with one attached hydrogen (secondary N) is 2. The third kappa shape index (κ3) is 3.68. The minimum absolute atomic E-state index is 0.389. The van der Waals surface area contributed by atoms with Crippen LogP contribution in [0.1, 0.15) is 32.8 Å². The molecule has 3 nitrogen and oxygen atoms in total. The van der Waals surface area contributed by atoms with Crippen LogP contribution in [0, 0.1) is 5.41 Å². The molecule has 0 aliphatic heterocycles. The number of nitrogens with zero attached hydrogens (tertiary/aromatic N) is 1. The summed E-state index contributed by atoms with van der Waals surface area (Å²) in [6.45, 7) is 8.72. The Balaban J connectivity index is 1.89. The number of rotatable bonds is 5. The zero-order valence-corrected chi connectivity index (χ0v) is 12.1. The van der Waals surface area contributed by atoms with Crippen molar-refractivity contribution in [3.63, 3.8) is 0 Å². The van der Waals surface area contributed by atoms with E-state index in [1.165, 1.54) is 16.9 Å². The SMILES string of the molecule is CC(C)(C)CCNCc1cn[nH]c1-c1cccs1. The Morgan fingerprint density at radius 2 is 2.22 bits per heavy atom. The fourth-order valence-electron chi connectivity index (χ4n) is 1.77. The van der Waals surface area contributed by atoms with Gasteiger partial charge in [-0.1, -0.05) is 26.8 Å². The van der Waals surface area contributed by atoms with Gasteiger partial charge in [-0.15, -0.1) is 11.3 Å². The third-order valence-corrected chi connectivity index (χ3v) is 3.74. The average molecular weight is 263 g/mol. The number of H-pyrrole nitrogens is 1. The summed E-state index contributed by atoms with van der Waals surface area (Å²) in [6.07, 6.45) is 3.10. The summed E-state index contributed by atoms with van der Waals surface area (Å²) in [6, 6.07) is 4.19. The fraction of sp³-hybridized carbons (Fsp3) is 0.500. The Kier molecular flexibility index (Phi) is 4.19. The molecule has 2 rings (SSSR count). The zero-order valence-electron chi connectivity index (χ0n) is 11.3. The highest BCUT2D eigenvalue weighted by Crippen LogP contribution is 2.25. The lowest BCUT2D eigenvalue weighted by molar-refractivity contribution is 0.367. The van der Waals surface area contributed by atoms with E-state index >= 15 is 0 Å². The van der Waals surface area contributed by atoms with E-state index in [0.29, 0.717) is 5.41 Å². The van der Waals surface area contributed by atoms with Crippen molar-refractivity contribution in [3.05, 3.63) is 29.3 Å². The largest absolute Gasteiger partial charge is 0.313 e. The van der Waals surface area contributed by atoms with Gasteiger partial charge >= 0.3 is 0 Å². The molecule has 98 valence electrons. The lowest BCUT2D eigenvalue weighted by atomic mass is 9.92. The first-order valence-electron chi connectivity index (χ1n) is 6.33. The van der Waals surface area contributed by atoms with Gasteiger partial charge in [-0.25, -0.2) is 0 Å². The summed E-state index contributed by atoms with van der Waals surface area (Å²) in [4.78, 5) is 1.25. The third-order valence-electron chi connectivity index (χ3n) is 2.85. The first kappa shape index (κ1) is 13.3. The first-order valence-corrected chi connectivity index (χ1v) is 7.21. The van der Waals surface area contributed by atoms with Gasteiger partial charge in [0.25, 0.3) is 0 Å². The molecule has 4 heteroatoms. The Morgan fingerprint density at radius 1 is 1.39 bits per heavy atom. The molecule has 2 aromatic rings. The van der Waals surface area contributed by atoms with Crippen molar-refractivity contribution < 1.29 is 0 Å². The van der Waals surface area contributed by atoms with Gasteiger partial charge < -0.3 is 5.32 Å². The van der Waals surface area contributed by atoms with Crippen LogP contribution in [0.2, 0.25) is 0 Å². The molecule has 2 heterocycles. The van der Waals surface area contributed by atoms with Crippen LogP contribution in [0.3, 0.4) is 0 Å². The molecule has 2 aromatic heterocycles. The molecule has 0 amide bonds. The molecule has 2 N–H and O–H groups in total. The monoisotopic (exact) mass is 263 g/mol. The molecular formula is C14H21N3S. The fourth-order valence-corrected chi connectivity index (χ4v) is 2.52. The van der Waals surface area contributed by atoms with E-state index in [9.17, 15) is 0 Å². The van der Waals surface area contributed by atoms with Gasteiger partial charge in [0.1, 0.15) is 0 Å². The van der Waals surface area contributed by atoms with Crippen molar-refractivity contribution in [3.8, 4) is 10.6 Å². The van der Waals surface area contributed by atoms with E-state index in [1.54, 1.807) is 11.3 Å². The summed E-state index contributed by atoms with van der Waals surface area (Å²) >= 11 is 1.74. The van der Waals surface area contributed by atoms with Crippen LogP contribution in [0.15, 0.2) is 23.7 Å². The van der Waals surface area contributed by atoms with Crippen molar-refractivity contribution in [1.29, 1.82) is 0 Å². The minimum atomic E-state index is 0.389. The van der Waals surface area contributed by atoms with E-state index in [1.807, 2.05) is 6.20 Å². The Hall–Kier alpha value is -1.13. The molecule has 0 radical (unpaired) electrons. The first-order chi connectivity index (χ1) is 8.56. The van der Waals surface area contributed by atoms with Crippen LogP contribution < -0.4 is 5.32 Å². The number of hydrogen-bond acceptors (Lipinski definition) is 3. The van der Waals surface area contributed by atoms with Crippen molar-refractivity contribution in [2.75, 3.05) is 6.54 Å². The second kappa shape index (κ2) is 5.67. The lowest BCUT2D eigenvalue weighted by Gasteiger charge is -2.18. The van der Waals surface area contributed by atoms with E-state index < -0.39 is 0 Å². The maximum absolute atomic E-state index is 4.15. The van der Waals surface area contributed by atoms with E-state index in [0.717, 1.165) is 18.8 Å². The van der Waals surface area contributed by atoms with Crippen LogP contribution in [-0.2, 0) is 6.54 Å². The van der Waals surface area contributed by atoms with Gasteiger partial charge in [0, 0.05) is 12.1 Å². The highest BCUT2D eigenvalue weighted by atomic mass is 32.1. The smallest absolute Gasteiger partial charge is 0.0794 e. The lowest BCUT2D eigenvalue weighted by Crippen LogP contribution is -2.20. The quantitative estimate of drug-likeness (QED) is 0.808. The number of hydrogen-bond donors (Lipinski definition) is 2. The second-order valence-corrected chi connectivity index (χ2v) is 6.68. The highest BCUT2D eigenvalue weighted by molar-refractivity contribution is 7.13. The molecule has 0 fully saturated rings. The molecule has 0 atom stereocenters. The summed E-state index contributed by atoms with van der Waals surface area (Å²) in [5, 5.41) is 12.8. The van der Waals surface area contributed by atoms with Gasteiger partial charge in [0.2, 0.25) is 0 Å².